The van der Waals surface area contributed by atoms with Gasteiger partial charge in [-0.2, -0.15) is 0 Å². The highest BCUT2D eigenvalue weighted by Gasteiger charge is 2.55. The van der Waals surface area contributed by atoms with E-state index < -0.39 is 41.7 Å². The number of carbonyl (C=O) groups is 1. The standard InChI is InChI=1S/C12H22O6S2/c1-9(13)18-11-8-6-5-7-10(11)12(2,19(3,14)15)20(4,16)17/h10-11H,5-8H2,1-4H3. The predicted octanol–water partition coefficient (Wildman–Crippen LogP) is 0.914. The fourth-order valence-corrected chi connectivity index (χ4v) is 6.71. The van der Waals surface area contributed by atoms with Crippen molar-refractivity contribution in [2.75, 3.05) is 12.5 Å². The van der Waals surface area contributed by atoms with Crippen molar-refractivity contribution in [3.05, 3.63) is 0 Å². The second-order valence-electron chi connectivity index (χ2n) is 5.60. The Morgan fingerprint density at radius 1 is 1.05 bits per heavy atom. The highest BCUT2D eigenvalue weighted by Crippen LogP contribution is 2.42. The van der Waals surface area contributed by atoms with Crippen LogP contribution in [0.2, 0.25) is 0 Å². The number of hydrogen-bond acceptors (Lipinski definition) is 6. The van der Waals surface area contributed by atoms with Gasteiger partial charge in [-0.15, -0.1) is 0 Å². The maximum Gasteiger partial charge on any atom is 0.302 e. The molecule has 2 unspecified atom stereocenters. The van der Waals surface area contributed by atoms with E-state index in [4.69, 9.17) is 4.74 Å². The van der Waals surface area contributed by atoms with Gasteiger partial charge in [0.1, 0.15) is 6.10 Å². The van der Waals surface area contributed by atoms with Crippen molar-refractivity contribution >= 4 is 25.6 Å². The lowest BCUT2D eigenvalue weighted by Gasteiger charge is -2.41. The first-order valence-electron chi connectivity index (χ1n) is 6.47. The molecule has 0 aromatic carbocycles. The van der Waals surface area contributed by atoms with Gasteiger partial charge in [-0.1, -0.05) is 6.42 Å². The summed E-state index contributed by atoms with van der Waals surface area (Å²) in [6.45, 7) is 2.47. The van der Waals surface area contributed by atoms with E-state index in [0.717, 1.165) is 25.4 Å². The molecule has 1 fully saturated rings. The van der Waals surface area contributed by atoms with Crippen LogP contribution in [0.1, 0.15) is 39.5 Å². The molecule has 118 valence electrons. The zero-order chi connectivity index (χ0) is 15.8. The monoisotopic (exact) mass is 326 g/mol. The summed E-state index contributed by atoms with van der Waals surface area (Å²) in [6, 6.07) is 0. The van der Waals surface area contributed by atoms with E-state index in [1.165, 1.54) is 13.8 Å². The van der Waals surface area contributed by atoms with Gasteiger partial charge in [0.15, 0.2) is 23.8 Å². The summed E-state index contributed by atoms with van der Waals surface area (Å²) >= 11 is 0. The maximum absolute atomic E-state index is 12.1. The zero-order valence-electron chi connectivity index (χ0n) is 12.2. The van der Waals surface area contributed by atoms with Crippen molar-refractivity contribution in [3.63, 3.8) is 0 Å². The molecule has 8 heteroatoms. The summed E-state index contributed by atoms with van der Waals surface area (Å²) in [5, 5.41) is 0. The minimum Gasteiger partial charge on any atom is -0.462 e. The fourth-order valence-electron chi connectivity index (χ4n) is 2.88. The number of rotatable bonds is 4. The molecule has 0 N–H and O–H groups in total. The van der Waals surface area contributed by atoms with Crippen LogP contribution in [-0.2, 0) is 29.2 Å². The lowest BCUT2D eigenvalue weighted by Crippen LogP contribution is -2.54. The van der Waals surface area contributed by atoms with Crippen molar-refractivity contribution in [2.24, 2.45) is 5.92 Å². The normalized spacial score (nSPS) is 25.2. The van der Waals surface area contributed by atoms with E-state index in [1.807, 2.05) is 0 Å². The molecule has 1 aliphatic rings. The molecule has 0 aliphatic heterocycles. The Hall–Kier alpha value is -0.630. The van der Waals surface area contributed by atoms with Crippen LogP contribution in [0, 0.1) is 5.92 Å². The van der Waals surface area contributed by atoms with E-state index in [0.29, 0.717) is 12.8 Å². The van der Waals surface area contributed by atoms with Gasteiger partial charge in [-0.3, -0.25) is 4.79 Å². The van der Waals surface area contributed by atoms with Crippen LogP contribution in [0.4, 0.5) is 0 Å². The quantitative estimate of drug-likeness (QED) is 0.713. The van der Waals surface area contributed by atoms with Gasteiger partial charge < -0.3 is 4.74 Å². The Morgan fingerprint density at radius 2 is 1.50 bits per heavy atom. The Morgan fingerprint density at radius 3 is 1.90 bits per heavy atom. The molecule has 1 rings (SSSR count). The van der Waals surface area contributed by atoms with E-state index >= 15 is 0 Å². The fraction of sp³-hybridized carbons (Fsp3) is 0.917. The Labute approximate surface area is 120 Å². The van der Waals surface area contributed by atoms with E-state index in [2.05, 4.69) is 0 Å². The second kappa shape index (κ2) is 5.63. The number of sulfone groups is 2. The SMILES string of the molecule is CC(=O)OC1CCCCC1C(C)(S(C)(=O)=O)S(C)(=O)=O. The second-order valence-corrected chi connectivity index (χ2v) is 10.6. The van der Waals surface area contributed by atoms with E-state index in [9.17, 15) is 21.6 Å². The van der Waals surface area contributed by atoms with Crippen molar-refractivity contribution in [2.45, 2.75) is 49.7 Å². The summed E-state index contributed by atoms with van der Waals surface area (Å²) in [5.41, 5.74) is 0. The molecule has 0 heterocycles. The van der Waals surface area contributed by atoms with Gasteiger partial charge in [0, 0.05) is 25.4 Å². The van der Waals surface area contributed by atoms with Gasteiger partial charge in [0.2, 0.25) is 0 Å². The molecular formula is C12H22O6S2. The van der Waals surface area contributed by atoms with Gasteiger partial charge in [0.25, 0.3) is 0 Å². The van der Waals surface area contributed by atoms with Crippen LogP contribution in [-0.4, -0.2) is 45.5 Å². The van der Waals surface area contributed by atoms with Crippen LogP contribution < -0.4 is 0 Å². The highest BCUT2D eigenvalue weighted by atomic mass is 32.3. The molecule has 0 radical (unpaired) electrons. The van der Waals surface area contributed by atoms with Crippen molar-refractivity contribution < 1.29 is 26.4 Å². The average molecular weight is 326 g/mol. The topological polar surface area (TPSA) is 94.6 Å². The van der Waals surface area contributed by atoms with Gasteiger partial charge in [-0.05, 0) is 26.2 Å². The number of esters is 1. The maximum atomic E-state index is 12.1. The predicted molar refractivity (Wildman–Crippen MR) is 75.6 cm³/mol. The third kappa shape index (κ3) is 3.16. The highest BCUT2D eigenvalue weighted by molar-refractivity contribution is 8.09. The van der Waals surface area contributed by atoms with Gasteiger partial charge in [0.05, 0.1) is 0 Å². The molecule has 2 atom stereocenters. The Kier molecular flexibility index (Phi) is 4.91. The van der Waals surface area contributed by atoms with Crippen LogP contribution in [0.3, 0.4) is 0 Å². The number of hydrogen-bond donors (Lipinski definition) is 0. The molecule has 6 nitrogen and oxygen atoms in total. The summed E-state index contributed by atoms with van der Waals surface area (Å²) in [7, 11) is -7.74. The van der Waals surface area contributed by atoms with E-state index in [-0.39, 0.29) is 0 Å². The molecule has 20 heavy (non-hydrogen) atoms. The zero-order valence-corrected chi connectivity index (χ0v) is 13.9. The summed E-state index contributed by atoms with van der Waals surface area (Å²) < 4.78 is 51.7. The molecule has 0 saturated heterocycles. The summed E-state index contributed by atoms with van der Waals surface area (Å²) in [4.78, 5) is 11.2. The minimum absolute atomic E-state index is 0.411. The molecule has 1 saturated carbocycles. The van der Waals surface area contributed by atoms with Crippen molar-refractivity contribution in [3.8, 4) is 0 Å². The number of ether oxygens (including phenoxy) is 1. The first-order chi connectivity index (χ1) is 8.91. The number of carbonyl (C=O) groups excluding carboxylic acids is 1. The summed E-state index contributed by atoms with van der Waals surface area (Å²) in [6.07, 6.45) is 3.59. The Bertz CT molecular complexity index is 543. The molecule has 0 aromatic heterocycles. The average Bonchev–Trinajstić information content (AvgIpc) is 2.24. The van der Waals surface area contributed by atoms with Crippen LogP contribution in [0.25, 0.3) is 0 Å². The van der Waals surface area contributed by atoms with Crippen LogP contribution >= 0.6 is 0 Å². The smallest absolute Gasteiger partial charge is 0.302 e. The van der Waals surface area contributed by atoms with Crippen molar-refractivity contribution in [1.82, 2.24) is 0 Å². The molecule has 0 aromatic rings. The first kappa shape index (κ1) is 17.4. The van der Waals surface area contributed by atoms with Crippen LogP contribution in [0.15, 0.2) is 0 Å². The molecule has 1 aliphatic carbocycles. The van der Waals surface area contributed by atoms with Gasteiger partial charge >= 0.3 is 5.97 Å². The van der Waals surface area contributed by atoms with Crippen molar-refractivity contribution in [1.29, 1.82) is 0 Å². The third-order valence-corrected chi connectivity index (χ3v) is 9.53. The largest absolute Gasteiger partial charge is 0.462 e. The summed E-state index contributed by atoms with van der Waals surface area (Å²) in [5.74, 6) is -1.25. The molecule has 0 bridgehead atoms. The van der Waals surface area contributed by atoms with E-state index in [1.54, 1.807) is 0 Å². The molecule has 0 spiro atoms. The van der Waals surface area contributed by atoms with Gasteiger partial charge in [-0.25, -0.2) is 16.8 Å². The molecular weight excluding hydrogens is 304 g/mol. The van der Waals surface area contributed by atoms with Crippen LogP contribution in [0.5, 0.6) is 0 Å². The first-order valence-corrected chi connectivity index (χ1v) is 10.3. The Balaban J connectivity index is 3.35. The minimum atomic E-state index is -3.87. The molecule has 0 amide bonds. The third-order valence-electron chi connectivity index (χ3n) is 4.17. The lowest BCUT2D eigenvalue weighted by molar-refractivity contribution is -0.151. The lowest BCUT2D eigenvalue weighted by atomic mass is 9.84.